The molecule has 13 nitrogen and oxygen atoms in total. The Morgan fingerprint density at radius 3 is 1.39 bits per heavy atom. The zero-order valence-electron chi connectivity index (χ0n) is 44.5. The molecule has 0 spiro atoms. The van der Waals surface area contributed by atoms with Crippen molar-refractivity contribution >= 4 is 101 Å². The van der Waals surface area contributed by atoms with Gasteiger partial charge in [-0.15, -0.1) is 22.7 Å². The van der Waals surface area contributed by atoms with Crippen molar-refractivity contribution in [2.45, 2.75) is 137 Å². The van der Waals surface area contributed by atoms with Crippen LogP contribution in [0.2, 0.25) is 20.1 Å². The van der Waals surface area contributed by atoms with Gasteiger partial charge in [-0.25, -0.2) is 45.9 Å². The number of carboxylic acids is 1. The molecule has 3 N–H and O–H groups in total. The molecule has 4 aromatic carbocycles. The second kappa shape index (κ2) is 22.0. The fourth-order valence-corrected chi connectivity index (χ4v) is 17.3. The van der Waals surface area contributed by atoms with E-state index >= 15 is 0 Å². The Hall–Kier alpha value is -5.38. The summed E-state index contributed by atoms with van der Waals surface area (Å²) in [7, 11) is 0. The average molecular weight is 1290 g/mol. The fraction of sp³-hybridized carbons (Fsp3) is 0.433. The molecule has 6 fully saturated rings. The highest BCUT2D eigenvalue weighted by Gasteiger charge is 2.65. The van der Waals surface area contributed by atoms with Crippen molar-refractivity contribution in [1.82, 2.24) is 20.3 Å². The Morgan fingerprint density at radius 1 is 0.635 bits per heavy atom. The number of aromatic carboxylic acids is 1. The molecule has 0 aliphatic heterocycles. The number of nitrogens with zero attached hydrogens (tertiary/aromatic N) is 5. The van der Waals surface area contributed by atoms with Crippen LogP contribution in [0.5, 0.6) is 0 Å². The van der Waals surface area contributed by atoms with Crippen molar-refractivity contribution in [3.63, 3.8) is 0 Å². The molecule has 8 aromatic rings. The van der Waals surface area contributed by atoms with E-state index in [4.69, 9.17) is 71.5 Å². The lowest BCUT2D eigenvalue weighted by atomic mass is 9.68. The Balaban J connectivity index is 0.000000158. The van der Waals surface area contributed by atoms with E-state index in [0.717, 1.165) is 60.5 Å². The molecular weight excluding hydrogens is 1240 g/mol. The Morgan fingerprint density at radius 2 is 1.02 bits per heavy atom. The van der Waals surface area contributed by atoms with Crippen LogP contribution in [-0.4, -0.2) is 65.6 Å². The molecule has 85 heavy (non-hydrogen) atoms. The van der Waals surface area contributed by atoms with Gasteiger partial charge in [-0.05, 0) is 149 Å². The summed E-state index contributed by atoms with van der Waals surface area (Å²) >= 11 is 27.9. The van der Waals surface area contributed by atoms with Gasteiger partial charge in [-0.1, -0.05) is 68.8 Å². The fourth-order valence-electron chi connectivity index (χ4n) is 13.7. The number of hydrogen-bond donors (Lipinski definition) is 3. The van der Waals surface area contributed by atoms with Gasteiger partial charge in [0.25, 0.3) is 12.9 Å². The first-order chi connectivity index (χ1) is 40.7. The topological polar surface area (TPSA) is 178 Å². The summed E-state index contributed by atoms with van der Waals surface area (Å²) < 4.78 is 114. The summed E-state index contributed by atoms with van der Waals surface area (Å²) in [6, 6.07) is 14.9. The summed E-state index contributed by atoms with van der Waals surface area (Å²) in [6.07, 6.45) is -0.702. The van der Waals surface area contributed by atoms with Crippen LogP contribution in [0.1, 0.15) is 132 Å². The third-order valence-corrected chi connectivity index (χ3v) is 21.8. The van der Waals surface area contributed by atoms with Gasteiger partial charge in [-0.3, -0.25) is 0 Å². The third-order valence-electron chi connectivity index (χ3n) is 18.3. The summed E-state index contributed by atoms with van der Waals surface area (Å²) in [5.41, 5.74) is -4.12. The van der Waals surface area contributed by atoms with E-state index in [1.54, 1.807) is 36.4 Å². The lowest BCUT2D eigenvalue weighted by molar-refractivity contribution is -0.215. The van der Waals surface area contributed by atoms with Gasteiger partial charge >= 0.3 is 5.97 Å². The minimum atomic E-state index is -2.86. The highest BCUT2D eigenvalue weighted by atomic mass is 35.5. The lowest BCUT2D eigenvalue weighted by Gasteiger charge is -2.47. The van der Waals surface area contributed by atoms with E-state index in [-0.39, 0.29) is 82.7 Å². The van der Waals surface area contributed by atoms with Crippen LogP contribution in [0.15, 0.2) is 69.7 Å². The molecule has 4 heterocycles. The van der Waals surface area contributed by atoms with Crippen LogP contribution in [0.3, 0.4) is 0 Å². The maximum absolute atomic E-state index is 15.0. The summed E-state index contributed by atoms with van der Waals surface area (Å²) in [5, 5.41) is 43.7. The van der Waals surface area contributed by atoms with E-state index in [2.05, 4.69) is 25.1 Å². The van der Waals surface area contributed by atoms with Gasteiger partial charge in [0.1, 0.15) is 72.2 Å². The number of alkyl halides is 4. The number of fused-ring (bicyclic) bond motifs is 6. The number of aromatic nitrogens is 4. The average Bonchev–Trinajstić information content (AvgIpc) is 1.86. The largest absolute Gasteiger partial charge is 0.478 e. The quantitative estimate of drug-likeness (QED) is 0.0654. The molecule has 0 radical (unpaired) electrons. The van der Waals surface area contributed by atoms with Crippen LogP contribution in [-0.2, 0) is 33.9 Å². The highest BCUT2D eigenvalue weighted by molar-refractivity contribution is 7.19. The van der Waals surface area contributed by atoms with E-state index in [1.165, 1.54) is 12.1 Å². The second-order valence-corrected chi connectivity index (χ2v) is 26.9. The van der Waals surface area contributed by atoms with Crippen LogP contribution in [0.25, 0.3) is 47.8 Å². The maximum Gasteiger partial charge on any atom is 0.335 e. The van der Waals surface area contributed by atoms with Gasteiger partial charge in [-0.2, -0.15) is 0 Å². The van der Waals surface area contributed by atoms with Crippen molar-refractivity contribution in [3.05, 3.63) is 142 Å². The van der Waals surface area contributed by atoms with Gasteiger partial charge in [0, 0.05) is 38.8 Å². The Labute approximate surface area is 509 Å². The number of hydrogen-bond acceptors (Lipinski definition) is 13. The van der Waals surface area contributed by atoms with Gasteiger partial charge in [0.05, 0.1) is 50.1 Å². The monoisotopic (exact) mass is 1290 g/mol. The predicted molar refractivity (Wildman–Crippen MR) is 306 cm³/mol. The predicted octanol–water partition coefficient (Wildman–Crippen LogP) is 17.3. The van der Waals surface area contributed by atoms with E-state index in [9.17, 15) is 46.5 Å². The number of carbonyl (C=O) groups is 1. The molecule has 6 aliphatic rings. The van der Waals surface area contributed by atoms with Gasteiger partial charge < -0.3 is 33.8 Å². The van der Waals surface area contributed by atoms with Gasteiger partial charge in [0.15, 0.2) is 11.5 Å². The SMILES string of the molecule is O=C(O)c1cc(F)c2nc(C3(O)[C@@H]4CC[C@H]3CC(OCc3c(-c5c(Cl)cccc5Cl)noc3C3CC3)(C(F)F)C4)sc2c1.[C-]#[N+]c1cc(F)c2nc(C3(O)[C@@H]4CC[C@H]3CC(OCc3c(-c5c(Cl)cccc5Cl)noc3C3CC3)(C(F)F)C4)sc2c1. The number of rotatable bonds is 15. The minimum Gasteiger partial charge on any atom is -0.478 e. The third kappa shape index (κ3) is 10.0. The number of halogens is 10. The van der Waals surface area contributed by atoms with E-state index in [0.29, 0.717) is 101 Å². The lowest BCUT2D eigenvalue weighted by Crippen LogP contribution is -2.54. The number of aliphatic hydroxyl groups is 2. The van der Waals surface area contributed by atoms with Crippen LogP contribution in [0, 0.1) is 41.9 Å². The molecule has 8 atom stereocenters. The van der Waals surface area contributed by atoms with Gasteiger partial charge in [0.2, 0.25) is 0 Å². The molecule has 444 valence electrons. The molecule has 4 unspecified atom stereocenters. The standard InChI is InChI=1S/C30H24Cl2F3N3O3S.C30H25Cl2F3N2O5S/c1-36-17-9-21(33)25-22(10-17)42-28(37-25)30(39)15-7-8-16(30)12-29(11-15,27(34)35)40-13-18-24(38-41-26(18)14-5-6-14)23-19(31)3-2-4-20(23)32;31-18-2-1-3-19(32)22(18)23-17(25(42-37-23)13-4-5-13)12-41-29(27(34)35)10-15-6-7-16(11-29)30(15,40)28-36-24-20(33)8-14(26(38)39)9-21(24)43-28/h2-4,9-10,14-16,27,39H,5-8,11-13H2;1-3,8-9,13,15-16,27,40H,4-7,10-12H2,(H,38,39)/t2*15-,16+,29?,30?. The van der Waals surface area contributed by atoms with Crippen molar-refractivity contribution in [2.75, 3.05) is 0 Å². The van der Waals surface area contributed by atoms with Crippen molar-refractivity contribution in [1.29, 1.82) is 0 Å². The van der Waals surface area contributed by atoms with Crippen molar-refractivity contribution in [2.24, 2.45) is 23.7 Å². The van der Waals surface area contributed by atoms with E-state index < -0.39 is 76.5 Å². The van der Waals surface area contributed by atoms with Crippen LogP contribution >= 0.6 is 69.1 Å². The Bertz CT molecular complexity index is 3950. The number of benzene rings is 4. The first-order valence-corrected chi connectivity index (χ1v) is 30.8. The Kier molecular flexibility index (Phi) is 15.2. The highest BCUT2D eigenvalue weighted by Crippen LogP contribution is 2.63. The maximum atomic E-state index is 15.0. The smallest absolute Gasteiger partial charge is 0.335 e. The second-order valence-electron chi connectivity index (χ2n) is 23.2. The first kappa shape index (κ1) is 58.6. The number of carboxylic acid groups (broad SMARTS) is 1. The van der Waals surface area contributed by atoms with E-state index in [1.807, 2.05) is 0 Å². The molecule has 4 bridgehead atoms. The molecule has 6 aliphatic carbocycles. The molecule has 4 aromatic heterocycles. The summed E-state index contributed by atoms with van der Waals surface area (Å²) in [4.78, 5) is 23.5. The minimum absolute atomic E-state index is 0.0504. The van der Waals surface area contributed by atoms with Crippen LogP contribution in [0.4, 0.5) is 32.0 Å². The first-order valence-electron chi connectivity index (χ1n) is 27.6. The number of ether oxygens (including phenoxy) is 2. The molecule has 25 heteroatoms. The zero-order valence-corrected chi connectivity index (χ0v) is 49.2. The van der Waals surface area contributed by atoms with Crippen molar-refractivity contribution in [3.8, 4) is 22.5 Å². The number of thiazole rings is 2. The molecule has 0 saturated heterocycles. The zero-order chi connectivity index (χ0) is 59.6. The molecule has 6 saturated carbocycles. The molecule has 0 amide bonds. The summed E-state index contributed by atoms with van der Waals surface area (Å²) in [5.74, 6) is -3.76. The summed E-state index contributed by atoms with van der Waals surface area (Å²) in [6.45, 7) is 6.82. The normalized spacial score (nSPS) is 27.1. The van der Waals surface area contributed by atoms with Crippen molar-refractivity contribution < 1.29 is 65.0 Å². The molecule has 14 rings (SSSR count). The molecular formula is C60H49Cl4F6N5O8S2. The van der Waals surface area contributed by atoms with Crippen LogP contribution < -0.4 is 0 Å².